The average Bonchev–Trinajstić information content (AvgIpc) is 2.53. The summed E-state index contributed by atoms with van der Waals surface area (Å²) in [6.07, 6.45) is 1.67. The fraction of sp³-hybridized carbons (Fsp3) is 0.429. The Kier molecular flexibility index (Phi) is 4.89. The highest BCUT2D eigenvalue weighted by Gasteiger charge is 2.25. The van der Waals surface area contributed by atoms with E-state index in [0.29, 0.717) is 31.7 Å². The molecule has 1 fully saturated rings. The van der Waals surface area contributed by atoms with Crippen molar-refractivity contribution in [3.05, 3.63) is 29.8 Å². The largest absolute Gasteiger partial charge is 0.453 e. The lowest BCUT2D eigenvalue weighted by atomic mass is 10.2. The Labute approximate surface area is 122 Å². The van der Waals surface area contributed by atoms with E-state index in [0.717, 1.165) is 4.90 Å². The van der Waals surface area contributed by atoms with Crippen molar-refractivity contribution in [3.63, 3.8) is 0 Å². The zero-order valence-electron chi connectivity index (χ0n) is 11.7. The van der Waals surface area contributed by atoms with Crippen molar-refractivity contribution in [2.75, 3.05) is 39.5 Å². The molecule has 0 aliphatic carbocycles. The maximum Gasteiger partial charge on any atom is 0.409 e. The minimum atomic E-state index is -0.332. The molecule has 2 amide bonds. The van der Waals surface area contributed by atoms with Gasteiger partial charge in [-0.05, 0) is 30.5 Å². The summed E-state index contributed by atoms with van der Waals surface area (Å²) in [5.74, 6) is 0.0159. The lowest BCUT2D eigenvalue weighted by molar-refractivity contribution is 0.0599. The number of carbonyl (C=O) groups excluding carboxylic acids is 2. The van der Waals surface area contributed by atoms with E-state index in [4.69, 9.17) is 0 Å². The number of rotatable bonds is 2. The van der Waals surface area contributed by atoms with Gasteiger partial charge in [0.15, 0.2) is 0 Å². The molecule has 0 saturated carbocycles. The van der Waals surface area contributed by atoms with E-state index in [1.54, 1.807) is 21.6 Å². The van der Waals surface area contributed by atoms with Gasteiger partial charge in [0.05, 0.1) is 7.11 Å². The van der Waals surface area contributed by atoms with Gasteiger partial charge in [-0.2, -0.15) is 0 Å². The van der Waals surface area contributed by atoms with Crippen LogP contribution >= 0.6 is 11.8 Å². The molecular formula is C14H18N2O3S. The number of nitrogens with zero attached hydrogens (tertiary/aromatic N) is 2. The van der Waals surface area contributed by atoms with Gasteiger partial charge in [0.2, 0.25) is 0 Å². The highest BCUT2D eigenvalue weighted by atomic mass is 32.2. The van der Waals surface area contributed by atoms with Gasteiger partial charge in [-0.15, -0.1) is 11.8 Å². The van der Waals surface area contributed by atoms with Gasteiger partial charge in [0.25, 0.3) is 5.91 Å². The summed E-state index contributed by atoms with van der Waals surface area (Å²) in [4.78, 5) is 28.2. The number of thioether (sulfide) groups is 1. The van der Waals surface area contributed by atoms with Crippen LogP contribution in [0.2, 0.25) is 0 Å². The Hall–Kier alpha value is -1.69. The fourth-order valence-corrected chi connectivity index (χ4v) is 2.55. The van der Waals surface area contributed by atoms with Gasteiger partial charge < -0.3 is 14.5 Å². The average molecular weight is 294 g/mol. The lowest BCUT2D eigenvalue weighted by Crippen LogP contribution is -2.50. The van der Waals surface area contributed by atoms with Crippen LogP contribution in [0.5, 0.6) is 0 Å². The van der Waals surface area contributed by atoms with Crippen molar-refractivity contribution in [2.45, 2.75) is 4.90 Å². The van der Waals surface area contributed by atoms with Crippen molar-refractivity contribution in [3.8, 4) is 0 Å². The van der Waals surface area contributed by atoms with Gasteiger partial charge in [-0.3, -0.25) is 4.79 Å². The maximum atomic E-state index is 12.3. The molecule has 0 N–H and O–H groups in total. The molecule has 0 unspecified atom stereocenters. The van der Waals surface area contributed by atoms with E-state index in [1.165, 1.54) is 7.11 Å². The standard InChI is InChI=1S/C14H18N2O3S/c1-19-14(18)16-9-7-15(8-10-16)13(17)11-3-5-12(20-2)6-4-11/h3-6H,7-10H2,1-2H3. The second-order valence-corrected chi connectivity index (χ2v) is 5.36. The summed E-state index contributed by atoms with van der Waals surface area (Å²) >= 11 is 1.65. The first kappa shape index (κ1) is 14.7. The normalized spacial score (nSPS) is 15.1. The van der Waals surface area contributed by atoms with E-state index in [9.17, 15) is 9.59 Å². The van der Waals surface area contributed by atoms with E-state index in [-0.39, 0.29) is 12.0 Å². The number of benzene rings is 1. The van der Waals surface area contributed by atoms with E-state index in [2.05, 4.69) is 4.74 Å². The van der Waals surface area contributed by atoms with Crippen LogP contribution in [0.25, 0.3) is 0 Å². The first-order chi connectivity index (χ1) is 9.65. The summed E-state index contributed by atoms with van der Waals surface area (Å²) in [6.45, 7) is 2.11. The predicted molar refractivity (Wildman–Crippen MR) is 78.1 cm³/mol. The predicted octanol–water partition coefficient (Wildman–Crippen LogP) is 1.93. The maximum absolute atomic E-state index is 12.3. The Morgan fingerprint density at radius 2 is 1.60 bits per heavy atom. The first-order valence-corrected chi connectivity index (χ1v) is 7.64. The Balaban J connectivity index is 1.95. The molecule has 0 bridgehead atoms. The number of amides is 2. The number of hydrogen-bond donors (Lipinski definition) is 0. The summed E-state index contributed by atoms with van der Waals surface area (Å²) < 4.78 is 4.68. The van der Waals surface area contributed by atoms with Crippen LogP contribution in [0, 0.1) is 0 Å². The summed E-state index contributed by atoms with van der Waals surface area (Å²) in [7, 11) is 1.37. The smallest absolute Gasteiger partial charge is 0.409 e. The van der Waals surface area contributed by atoms with Gasteiger partial charge in [0, 0.05) is 36.6 Å². The lowest BCUT2D eigenvalue weighted by Gasteiger charge is -2.33. The van der Waals surface area contributed by atoms with Crippen LogP contribution in [0.1, 0.15) is 10.4 Å². The van der Waals surface area contributed by atoms with Gasteiger partial charge in [-0.1, -0.05) is 0 Å². The molecule has 1 aromatic carbocycles. The van der Waals surface area contributed by atoms with Crippen molar-refractivity contribution in [1.29, 1.82) is 0 Å². The third-order valence-corrected chi connectivity index (χ3v) is 4.08. The van der Waals surface area contributed by atoms with Crippen molar-refractivity contribution >= 4 is 23.8 Å². The molecule has 1 heterocycles. The van der Waals surface area contributed by atoms with Gasteiger partial charge >= 0.3 is 6.09 Å². The van der Waals surface area contributed by atoms with Crippen molar-refractivity contribution in [1.82, 2.24) is 9.80 Å². The van der Waals surface area contributed by atoms with Crippen molar-refractivity contribution in [2.24, 2.45) is 0 Å². The third-order valence-electron chi connectivity index (χ3n) is 3.34. The van der Waals surface area contributed by atoms with Crippen LogP contribution in [0.3, 0.4) is 0 Å². The topological polar surface area (TPSA) is 49.9 Å². The van der Waals surface area contributed by atoms with Crippen LogP contribution < -0.4 is 0 Å². The summed E-state index contributed by atoms with van der Waals surface area (Å²) in [5, 5.41) is 0. The highest BCUT2D eigenvalue weighted by Crippen LogP contribution is 2.16. The Morgan fingerprint density at radius 3 is 2.10 bits per heavy atom. The van der Waals surface area contributed by atoms with E-state index >= 15 is 0 Å². The Bertz CT molecular complexity index is 482. The molecule has 108 valence electrons. The zero-order chi connectivity index (χ0) is 14.5. The molecule has 1 aliphatic rings. The van der Waals surface area contributed by atoms with E-state index in [1.807, 2.05) is 30.5 Å². The molecule has 1 aliphatic heterocycles. The van der Waals surface area contributed by atoms with Crippen LogP contribution in [-0.2, 0) is 4.74 Å². The van der Waals surface area contributed by atoms with Crippen molar-refractivity contribution < 1.29 is 14.3 Å². The number of ether oxygens (including phenoxy) is 1. The first-order valence-electron chi connectivity index (χ1n) is 6.42. The highest BCUT2D eigenvalue weighted by molar-refractivity contribution is 7.98. The Morgan fingerprint density at radius 1 is 1.05 bits per heavy atom. The van der Waals surface area contributed by atoms with Gasteiger partial charge in [-0.25, -0.2) is 4.79 Å². The number of carbonyl (C=O) groups is 2. The monoisotopic (exact) mass is 294 g/mol. The molecular weight excluding hydrogens is 276 g/mol. The van der Waals surface area contributed by atoms with Crippen LogP contribution in [0.15, 0.2) is 29.2 Å². The van der Waals surface area contributed by atoms with E-state index < -0.39 is 0 Å². The second kappa shape index (κ2) is 6.65. The SMILES string of the molecule is COC(=O)N1CCN(C(=O)c2ccc(SC)cc2)CC1. The number of piperazine rings is 1. The molecule has 0 spiro atoms. The molecule has 0 aromatic heterocycles. The number of methoxy groups -OCH3 is 1. The molecule has 0 radical (unpaired) electrons. The molecule has 0 atom stereocenters. The minimum Gasteiger partial charge on any atom is -0.453 e. The van der Waals surface area contributed by atoms with Crippen LogP contribution in [-0.4, -0.2) is 61.3 Å². The molecule has 1 saturated heterocycles. The van der Waals surface area contributed by atoms with Crippen LogP contribution in [0.4, 0.5) is 4.79 Å². The summed E-state index contributed by atoms with van der Waals surface area (Å²) in [6, 6.07) is 7.59. The quantitative estimate of drug-likeness (QED) is 0.782. The minimum absolute atomic E-state index is 0.0159. The molecule has 1 aromatic rings. The molecule has 2 rings (SSSR count). The second-order valence-electron chi connectivity index (χ2n) is 4.48. The third kappa shape index (κ3) is 3.25. The molecule has 20 heavy (non-hydrogen) atoms. The summed E-state index contributed by atoms with van der Waals surface area (Å²) in [5.41, 5.74) is 0.689. The molecule has 6 heteroatoms. The molecule has 5 nitrogen and oxygen atoms in total. The zero-order valence-corrected chi connectivity index (χ0v) is 12.5. The fourth-order valence-electron chi connectivity index (χ4n) is 2.14. The van der Waals surface area contributed by atoms with Gasteiger partial charge in [0.1, 0.15) is 0 Å². The number of hydrogen-bond acceptors (Lipinski definition) is 4.